The predicted octanol–water partition coefficient (Wildman–Crippen LogP) is 2.99. The summed E-state index contributed by atoms with van der Waals surface area (Å²) in [7, 11) is 0. The normalized spacial score (nSPS) is 20.1. The summed E-state index contributed by atoms with van der Waals surface area (Å²) in [6.07, 6.45) is 5.93. The molecule has 1 aliphatic rings. The minimum atomic E-state index is -0.147. The Morgan fingerprint density at radius 3 is 2.53 bits per heavy atom. The quantitative estimate of drug-likeness (QED) is 0.792. The van der Waals surface area contributed by atoms with Gasteiger partial charge in [-0.3, -0.25) is 0 Å². The van der Waals surface area contributed by atoms with Gasteiger partial charge in [-0.05, 0) is 30.5 Å². The van der Waals surface area contributed by atoms with Gasteiger partial charge in [-0.1, -0.05) is 31.4 Å². The highest BCUT2D eigenvalue weighted by Crippen LogP contribution is 2.38. The Morgan fingerprint density at radius 2 is 1.93 bits per heavy atom. The molecule has 0 atom stereocenters. The van der Waals surface area contributed by atoms with Gasteiger partial charge < -0.3 is 5.73 Å². The predicted molar refractivity (Wildman–Crippen MR) is 60.2 cm³/mol. The largest absolute Gasteiger partial charge is 0.330 e. The highest BCUT2D eigenvalue weighted by atomic mass is 19.1. The third-order valence-electron chi connectivity index (χ3n) is 3.64. The topological polar surface area (TPSA) is 26.0 Å². The highest BCUT2D eigenvalue weighted by molar-refractivity contribution is 5.27. The van der Waals surface area contributed by atoms with Crippen LogP contribution in [0.5, 0.6) is 0 Å². The van der Waals surface area contributed by atoms with Crippen LogP contribution in [0.2, 0.25) is 0 Å². The zero-order valence-corrected chi connectivity index (χ0v) is 9.01. The molecule has 1 aliphatic carbocycles. The third-order valence-corrected chi connectivity index (χ3v) is 3.64. The van der Waals surface area contributed by atoms with E-state index in [2.05, 4.69) is 0 Å². The van der Waals surface area contributed by atoms with Crippen LogP contribution in [0.3, 0.4) is 0 Å². The molecule has 0 saturated heterocycles. The minimum Gasteiger partial charge on any atom is -0.330 e. The van der Waals surface area contributed by atoms with E-state index in [0.29, 0.717) is 6.54 Å². The molecule has 2 rings (SSSR count). The van der Waals surface area contributed by atoms with Crippen LogP contribution in [0.1, 0.15) is 37.7 Å². The van der Waals surface area contributed by atoms with Crippen molar-refractivity contribution in [2.45, 2.75) is 37.5 Å². The second-order valence-corrected chi connectivity index (χ2v) is 4.56. The Balaban J connectivity index is 2.32. The van der Waals surface area contributed by atoms with Gasteiger partial charge in [0.25, 0.3) is 0 Å². The van der Waals surface area contributed by atoms with Crippen molar-refractivity contribution >= 4 is 0 Å². The van der Waals surface area contributed by atoms with Crippen molar-refractivity contribution < 1.29 is 4.39 Å². The second kappa shape index (κ2) is 4.31. The first kappa shape index (κ1) is 10.6. The second-order valence-electron chi connectivity index (χ2n) is 4.56. The molecular formula is C13H18FN. The van der Waals surface area contributed by atoms with Gasteiger partial charge in [0.15, 0.2) is 0 Å². The van der Waals surface area contributed by atoms with Crippen molar-refractivity contribution in [3.8, 4) is 0 Å². The van der Waals surface area contributed by atoms with Crippen LogP contribution < -0.4 is 5.73 Å². The zero-order valence-electron chi connectivity index (χ0n) is 9.01. The molecule has 1 fully saturated rings. The van der Waals surface area contributed by atoms with E-state index in [1.54, 1.807) is 12.1 Å². The molecule has 0 radical (unpaired) electrons. The minimum absolute atomic E-state index is 0.0420. The Hall–Kier alpha value is -0.890. The molecule has 0 unspecified atom stereocenters. The summed E-state index contributed by atoms with van der Waals surface area (Å²) in [6, 6.07) is 6.95. The SMILES string of the molecule is NCC1(c2cccc(F)c2)CCCCC1. The van der Waals surface area contributed by atoms with Crippen LogP contribution >= 0.6 is 0 Å². The van der Waals surface area contributed by atoms with E-state index in [9.17, 15) is 4.39 Å². The number of hydrogen-bond acceptors (Lipinski definition) is 1. The van der Waals surface area contributed by atoms with Gasteiger partial charge >= 0.3 is 0 Å². The molecule has 82 valence electrons. The van der Waals surface area contributed by atoms with E-state index in [1.807, 2.05) is 6.07 Å². The van der Waals surface area contributed by atoms with Crippen molar-refractivity contribution in [1.82, 2.24) is 0 Å². The van der Waals surface area contributed by atoms with Gasteiger partial charge in [-0.2, -0.15) is 0 Å². The molecule has 0 spiro atoms. The molecule has 15 heavy (non-hydrogen) atoms. The van der Waals surface area contributed by atoms with Crippen LogP contribution in [0.15, 0.2) is 24.3 Å². The molecule has 2 N–H and O–H groups in total. The Morgan fingerprint density at radius 1 is 1.20 bits per heavy atom. The summed E-state index contributed by atoms with van der Waals surface area (Å²) in [5, 5.41) is 0. The molecular weight excluding hydrogens is 189 g/mol. The first-order chi connectivity index (χ1) is 7.27. The summed E-state index contributed by atoms with van der Waals surface area (Å²) in [6.45, 7) is 0.635. The third kappa shape index (κ3) is 2.05. The lowest BCUT2D eigenvalue weighted by Gasteiger charge is -2.36. The maximum absolute atomic E-state index is 13.2. The van der Waals surface area contributed by atoms with Gasteiger partial charge in [0.05, 0.1) is 0 Å². The van der Waals surface area contributed by atoms with E-state index < -0.39 is 0 Å². The van der Waals surface area contributed by atoms with Crippen molar-refractivity contribution in [3.63, 3.8) is 0 Å². The summed E-state index contributed by atoms with van der Waals surface area (Å²) in [5.41, 5.74) is 7.03. The molecule has 0 amide bonds. The summed E-state index contributed by atoms with van der Waals surface area (Å²) < 4.78 is 13.2. The number of rotatable bonds is 2. The molecule has 1 nitrogen and oxygen atoms in total. The van der Waals surface area contributed by atoms with Crippen molar-refractivity contribution in [3.05, 3.63) is 35.6 Å². The van der Waals surface area contributed by atoms with Crippen molar-refractivity contribution in [2.24, 2.45) is 5.73 Å². The smallest absolute Gasteiger partial charge is 0.123 e. The van der Waals surface area contributed by atoms with Crippen LogP contribution in [0.25, 0.3) is 0 Å². The van der Waals surface area contributed by atoms with E-state index >= 15 is 0 Å². The zero-order chi connectivity index (χ0) is 10.7. The molecule has 0 heterocycles. The van der Waals surface area contributed by atoms with Crippen LogP contribution in [-0.4, -0.2) is 6.54 Å². The molecule has 1 saturated carbocycles. The van der Waals surface area contributed by atoms with Crippen molar-refractivity contribution in [2.75, 3.05) is 6.54 Å². The van der Waals surface area contributed by atoms with Crippen LogP contribution in [0, 0.1) is 5.82 Å². The lowest BCUT2D eigenvalue weighted by molar-refractivity contribution is 0.300. The standard InChI is InChI=1S/C13H18FN/c14-12-6-4-5-11(9-12)13(10-15)7-2-1-3-8-13/h4-6,9H,1-3,7-8,10,15H2. The maximum atomic E-state index is 13.2. The first-order valence-electron chi connectivity index (χ1n) is 5.73. The number of halogens is 1. The molecule has 0 aliphatic heterocycles. The molecule has 0 aromatic heterocycles. The van der Waals surface area contributed by atoms with Gasteiger partial charge in [-0.15, -0.1) is 0 Å². The fourth-order valence-corrected chi connectivity index (χ4v) is 2.66. The lowest BCUT2D eigenvalue weighted by Crippen LogP contribution is -2.37. The van der Waals surface area contributed by atoms with E-state index in [0.717, 1.165) is 18.4 Å². The van der Waals surface area contributed by atoms with Gasteiger partial charge in [0, 0.05) is 12.0 Å². The highest BCUT2D eigenvalue weighted by Gasteiger charge is 2.32. The average Bonchev–Trinajstić information content (AvgIpc) is 2.30. The lowest BCUT2D eigenvalue weighted by atomic mass is 9.69. The van der Waals surface area contributed by atoms with Crippen LogP contribution in [-0.2, 0) is 5.41 Å². The summed E-state index contributed by atoms with van der Waals surface area (Å²) in [5.74, 6) is -0.147. The van der Waals surface area contributed by atoms with Crippen LogP contribution in [0.4, 0.5) is 4.39 Å². The molecule has 0 bridgehead atoms. The average molecular weight is 207 g/mol. The maximum Gasteiger partial charge on any atom is 0.123 e. The Bertz CT molecular complexity index is 329. The number of hydrogen-bond donors (Lipinski definition) is 1. The fraction of sp³-hybridized carbons (Fsp3) is 0.538. The van der Waals surface area contributed by atoms with E-state index in [1.165, 1.54) is 25.3 Å². The number of nitrogens with two attached hydrogens (primary N) is 1. The Kier molecular flexibility index (Phi) is 3.06. The van der Waals surface area contributed by atoms with Gasteiger partial charge in [0.2, 0.25) is 0 Å². The molecule has 1 aromatic rings. The van der Waals surface area contributed by atoms with E-state index in [4.69, 9.17) is 5.73 Å². The molecule has 1 aromatic carbocycles. The van der Waals surface area contributed by atoms with Crippen molar-refractivity contribution in [1.29, 1.82) is 0 Å². The van der Waals surface area contributed by atoms with Gasteiger partial charge in [-0.25, -0.2) is 4.39 Å². The summed E-state index contributed by atoms with van der Waals surface area (Å²) in [4.78, 5) is 0. The van der Waals surface area contributed by atoms with E-state index in [-0.39, 0.29) is 11.2 Å². The Labute approximate surface area is 90.5 Å². The fourth-order valence-electron chi connectivity index (χ4n) is 2.66. The summed E-state index contributed by atoms with van der Waals surface area (Å²) >= 11 is 0. The van der Waals surface area contributed by atoms with Gasteiger partial charge in [0.1, 0.15) is 5.82 Å². The molecule has 2 heteroatoms. The number of benzene rings is 1. The monoisotopic (exact) mass is 207 g/mol. The first-order valence-corrected chi connectivity index (χ1v) is 5.73.